The number of nitrogens with two attached hydrogens (primary N) is 1. The molecule has 0 atom stereocenters. The summed E-state index contributed by atoms with van der Waals surface area (Å²) in [7, 11) is -2.02. The van der Waals surface area contributed by atoms with Gasteiger partial charge in [-0.3, -0.25) is 0 Å². The fraction of sp³-hybridized carbons (Fsp3) is 0.600. The molecule has 0 radical (unpaired) electrons. The number of nitrogen functional groups attached to an aromatic ring is 1. The molecule has 1 fully saturated rings. The fourth-order valence-electron chi connectivity index (χ4n) is 3.01. The summed E-state index contributed by atoms with van der Waals surface area (Å²) in [5.41, 5.74) is 6.16. The van der Waals surface area contributed by atoms with Crippen molar-refractivity contribution in [3.05, 3.63) is 18.2 Å². The summed E-state index contributed by atoms with van der Waals surface area (Å²) in [5.74, 6) is 0.562. The molecule has 1 aromatic carbocycles. The third kappa shape index (κ3) is 3.32. The van der Waals surface area contributed by atoms with E-state index in [0.717, 1.165) is 25.7 Å². The highest BCUT2D eigenvalue weighted by molar-refractivity contribution is 7.89. The van der Waals surface area contributed by atoms with E-state index in [1.165, 1.54) is 19.6 Å². The molecule has 0 bridgehead atoms. The van der Waals surface area contributed by atoms with Gasteiger partial charge < -0.3 is 10.5 Å². The summed E-state index contributed by atoms with van der Waals surface area (Å²) in [6.45, 7) is 2.35. The largest absolute Gasteiger partial charge is 0.497 e. The summed E-state index contributed by atoms with van der Waals surface area (Å²) in [6, 6.07) is 4.82. The third-order valence-corrected chi connectivity index (χ3v) is 6.20. The maximum Gasteiger partial charge on any atom is 0.245 e. The van der Waals surface area contributed by atoms with E-state index in [1.807, 2.05) is 6.92 Å². The summed E-state index contributed by atoms with van der Waals surface area (Å²) < 4.78 is 32.5. The number of methoxy groups -OCH3 is 1. The van der Waals surface area contributed by atoms with Crippen molar-refractivity contribution in [3.63, 3.8) is 0 Å². The zero-order chi connectivity index (χ0) is 15.5. The molecule has 0 heterocycles. The van der Waals surface area contributed by atoms with Crippen molar-refractivity contribution >= 4 is 15.7 Å². The Bertz CT molecular complexity index is 581. The van der Waals surface area contributed by atoms with Gasteiger partial charge in [0, 0.05) is 18.7 Å². The molecule has 0 unspecified atom stereocenters. The van der Waals surface area contributed by atoms with Crippen molar-refractivity contribution in [2.75, 3.05) is 19.4 Å². The van der Waals surface area contributed by atoms with Gasteiger partial charge in [-0.2, -0.15) is 4.31 Å². The van der Waals surface area contributed by atoms with Crippen LogP contribution >= 0.6 is 0 Å². The summed E-state index contributed by atoms with van der Waals surface area (Å²) in [4.78, 5) is 0.177. The Morgan fingerprint density at radius 3 is 2.48 bits per heavy atom. The van der Waals surface area contributed by atoms with Crippen LogP contribution in [0, 0.1) is 0 Å². The van der Waals surface area contributed by atoms with Gasteiger partial charge in [0.25, 0.3) is 0 Å². The minimum atomic E-state index is -3.55. The molecule has 1 aliphatic carbocycles. The lowest BCUT2D eigenvalue weighted by Gasteiger charge is -2.32. The molecule has 0 aromatic heterocycles. The quantitative estimate of drug-likeness (QED) is 0.848. The van der Waals surface area contributed by atoms with Crippen molar-refractivity contribution in [1.82, 2.24) is 4.31 Å². The van der Waals surface area contributed by atoms with Crippen molar-refractivity contribution in [1.29, 1.82) is 0 Å². The van der Waals surface area contributed by atoms with Crippen LogP contribution in [-0.2, 0) is 10.0 Å². The third-order valence-electron chi connectivity index (χ3n) is 4.10. The topological polar surface area (TPSA) is 72.6 Å². The predicted molar refractivity (Wildman–Crippen MR) is 83.8 cm³/mol. The maximum absolute atomic E-state index is 12.9. The van der Waals surface area contributed by atoms with Crippen molar-refractivity contribution < 1.29 is 13.2 Å². The highest BCUT2D eigenvalue weighted by Crippen LogP contribution is 2.31. The van der Waals surface area contributed by atoms with Crippen LogP contribution in [0.2, 0.25) is 0 Å². The van der Waals surface area contributed by atoms with Gasteiger partial charge in [-0.1, -0.05) is 26.2 Å². The first kappa shape index (κ1) is 16.1. The minimum absolute atomic E-state index is 0.0928. The summed E-state index contributed by atoms with van der Waals surface area (Å²) in [6.07, 6.45) is 5.24. The van der Waals surface area contributed by atoms with Crippen LogP contribution < -0.4 is 10.5 Å². The molecular formula is C15H24N2O3S. The Morgan fingerprint density at radius 1 is 1.29 bits per heavy atom. The lowest BCUT2D eigenvalue weighted by atomic mass is 9.95. The molecule has 0 spiro atoms. The SMILES string of the molecule is CCN(C1CCCCC1)S(=O)(=O)c1ccc(OC)cc1N. The molecule has 2 rings (SSSR count). The predicted octanol–water partition coefficient (Wildman–Crippen LogP) is 2.62. The van der Waals surface area contributed by atoms with Gasteiger partial charge in [-0.05, 0) is 25.0 Å². The highest BCUT2D eigenvalue weighted by atomic mass is 32.2. The molecule has 1 aliphatic rings. The molecule has 0 aliphatic heterocycles. The molecule has 0 saturated heterocycles. The van der Waals surface area contributed by atoms with E-state index < -0.39 is 10.0 Å². The monoisotopic (exact) mass is 312 g/mol. The molecular weight excluding hydrogens is 288 g/mol. The van der Waals surface area contributed by atoms with Crippen LogP contribution in [-0.4, -0.2) is 32.4 Å². The van der Waals surface area contributed by atoms with Crippen LogP contribution in [0.3, 0.4) is 0 Å². The standard InChI is InChI=1S/C15H24N2O3S/c1-3-17(12-7-5-4-6-8-12)21(18,19)15-10-9-13(20-2)11-14(15)16/h9-12H,3-8,16H2,1-2H3. The average molecular weight is 312 g/mol. The van der Waals surface area contributed by atoms with Crippen LogP contribution in [0.1, 0.15) is 39.0 Å². The molecule has 2 N–H and O–H groups in total. The second kappa shape index (κ2) is 6.66. The van der Waals surface area contributed by atoms with Gasteiger partial charge in [0.15, 0.2) is 0 Å². The van der Waals surface area contributed by atoms with E-state index in [-0.39, 0.29) is 16.6 Å². The maximum atomic E-state index is 12.9. The van der Waals surface area contributed by atoms with Gasteiger partial charge in [0.1, 0.15) is 10.6 Å². The summed E-state index contributed by atoms with van der Waals surface area (Å²) in [5, 5.41) is 0. The molecule has 1 saturated carbocycles. The van der Waals surface area contributed by atoms with Crippen molar-refractivity contribution in [2.45, 2.75) is 50.0 Å². The Hall–Kier alpha value is -1.27. The molecule has 1 aromatic rings. The first-order chi connectivity index (χ1) is 10.0. The number of ether oxygens (including phenoxy) is 1. The number of benzene rings is 1. The first-order valence-electron chi connectivity index (χ1n) is 7.46. The Morgan fingerprint density at radius 2 is 1.95 bits per heavy atom. The van der Waals surface area contributed by atoms with Crippen LogP contribution in [0.25, 0.3) is 0 Å². The van der Waals surface area contributed by atoms with E-state index in [1.54, 1.807) is 16.4 Å². The van der Waals surface area contributed by atoms with Crippen molar-refractivity contribution in [2.24, 2.45) is 0 Å². The highest BCUT2D eigenvalue weighted by Gasteiger charge is 2.32. The van der Waals surface area contributed by atoms with Gasteiger partial charge in [0.2, 0.25) is 10.0 Å². The zero-order valence-corrected chi connectivity index (χ0v) is 13.5. The second-order valence-electron chi connectivity index (χ2n) is 5.40. The van der Waals surface area contributed by atoms with Crippen LogP contribution in [0.15, 0.2) is 23.1 Å². The molecule has 5 nitrogen and oxygen atoms in total. The van der Waals surface area contributed by atoms with E-state index in [4.69, 9.17) is 10.5 Å². The van der Waals surface area contributed by atoms with Gasteiger partial charge in [-0.25, -0.2) is 8.42 Å². The normalized spacial score (nSPS) is 17.1. The molecule has 21 heavy (non-hydrogen) atoms. The average Bonchev–Trinajstić information content (AvgIpc) is 2.48. The van der Waals surface area contributed by atoms with E-state index in [2.05, 4.69) is 0 Å². The van der Waals surface area contributed by atoms with Gasteiger partial charge in [-0.15, -0.1) is 0 Å². The number of rotatable bonds is 5. The van der Waals surface area contributed by atoms with E-state index >= 15 is 0 Å². The number of hydrogen-bond acceptors (Lipinski definition) is 4. The van der Waals surface area contributed by atoms with Crippen LogP contribution in [0.4, 0.5) is 5.69 Å². The zero-order valence-electron chi connectivity index (χ0n) is 12.7. The number of sulfonamides is 1. The number of hydrogen-bond donors (Lipinski definition) is 1. The number of anilines is 1. The van der Waals surface area contributed by atoms with Gasteiger partial charge >= 0.3 is 0 Å². The Labute approximate surface area is 127 Å². The smallest absolute Gasteiger partial charge is 0.245 e. The van der Waals surface area contributed by atoms with E-state index in [9.17, 15) is 8.42 Å². The lowest BCUT2D eigenvalue weighted by Crippen LogP contribution is -2.41. The Kier molecular flexibility index (Phi) is 5.11. The lowest BCUT2D eigenvalue weighted by molar-refractivity contribution is 0.261. The second-order valence-corrected chi connectivity index (χ2v) is 7.26. The fourth-order valence-corrected chi connectivity index (χ4v) is 4.80. The molecule has 0 amide bonds. The number of nitrogens with zero attached hydrogens (tertiary/aromatic N) is 1. The summed E-state index contributed by atoms with van der Waals surface area (Å²) >= 11 is 0. The van der Waals surface area contributed by atoms with Crippen LogP contribution in [0.5, 0.6) is 5.75 Å². The molecule has 6 heteroatoms. The van der Waals surface area contributed by atoms with Gasteiger partial charge in [0.05, 0.1) is 12.8 Å². The first-order valence-corrected chi connectivity index (χ1v) is 8.90. The molecule has 118 valence electrons. The van der Waals surface area contributed by atoms with Crippen molar-refractivity contribution in [3.8, 4) is 5.75 Å². The Balaban J connectivity index is 2.34. The minimum Gasteiger partial charge on any atom is -0.497 e. The van der Waals surface area contributed by atoms with E-state index in [0.29, 0.717) is 12.3 Å².